The molecule has 0 spiro atoms. The molecule has 0 saturated carbocycles. The molecule has 1 aromatic carbocycles. The second kappa shape index (κ2) is 6.87. The van der Waals surface area contributed by atoms with E-state index in [1.54, 1.807) is 37.3 Å². The number of ether oxygens (including phenoxy) is 1. The van der Waals surface area contributed by atoms with Crippen LogP contribution in [0.4, 0.5) is 0 Å². The highest BCUT2D eigenvalue weighted by Gasteiger charge is 2.27. The standard InChI is InChI=1S/C15H19NO4S/c1-2-20-15(17)12-13-8-10-16(11-9-13)21(18,19)14-6-4-3-5-7-14/h3-7,12H,2,8-11H2,1H3. The molecule has 5 nitrogen and oxygen atoms in total. The van der Waals surface area contributed by atoms with E-state index in [4.69, 9.17) is 4.74 Å². The summed E-state index contributed by atoms with van der Waals surface area (Å²) in [6, 6.07) is 8.40. The molecule has 0 unspecified atom stereocenters. The number of carbonyl (C=O) groups excluding carboxylic acids is 1. The van der Waals surface area contributed by atoms with Crippen molar-refractivity contribution in [2.45, 2.75) is 24.7 Å². The van der Waals surface area contributed by atoms with Crippen LogP contribution >= 0.6 is 0 Å². The Balaban J connectivity index is 2.03. The SMILES string of the molecule is CCOC(=O)C=C1CCN(S(=O)(=O)c2ccccc2)CC1. The zero-order chi connectivity index (χ0) is 15.3. The molecule has 1 saturated heterocycles. The zero-order valence-electron chi connectivity index (χ0n) is 12.0. The first-order valence-electron chi connectivity index (χ1n) is 6.95. The predicted molar refractivity (Wildman–Crippen MR) is 79.2 cm³/mol. The molecule has 0 bridgehead atoms. The molecule has 1 aliphatic heterocycles. The quantitative estimate of drug-likeness (QED) is 0.630. The van der Waals surface area contributed by atoms with Crippen LogP contribution in [-0.2, 0) is 19.6 Å². The molecule has 0 aliphatic carbocycles. The van der Waals surface area contributed by atoms with Gasteiger partial charge in [0.1, 0.15) is 0 Å². The Hall–Kier alpha value is -1.66. The van der Waals surface area contributed by atoms with Crippen molar-refractivity contribution in [1.82, 2.24) is 4.31 Å². The molecule has 2 rings (SSSR count). The second-order valence-corrected chi connectivity index (χ2v) is 6.71. The number of hydrogen-bond donors (Lipinski definition) is 0. The summed E-state index contributed by atoms with van der Waals surface area (Å²) in [6.07, 6.45) is 2.60. The Morgan fingerprint density at radius 1 is 1.24 bits per heavy atom. The van der Waals surface area contributed by atoms with Gasteiger partial charge in [-0.3, -0.25) is 0 Å². The van der Waals surface area contributed by atoms with Crippen LogP contribution in [0.3, 0.4) is 0 Å². The summed E-state index contributed by atoms with van der Waals surface area (Å²) in [7, 11) is -3.43. The van der Waals surface area contributed by atoms with Gasteiger partial charge in [0.25, 0.3) is 0 Å². The van der Waals surface area contributed by atoms with E-state index in [0.29, 0.717) is 37.4 Å². The minimum absolute atomic E-state index is 0.308. The van der Waals surface area contributed by atoms with Crippen LogP contribution in [0.15, 0.2) is 46.9 Å². The van der Waals surface area contributed by atoms with E-state index in [1.165, 1.54) is 10.4 Å². The van der Waals surface area contributed by atoms with Crippen molar-refractivity contribution in [3.8, 4) is 0 Å². The lowest BCUT2D eigenvalue weighted by Gasteiger charge is -2.27. The van der Waals surface area contributed by atoms with Gasteiger partial charge in [0.2, 0.25) is 10.0 Å². The van der Waals surface area contributed by atoms with Crippen LogP contribution in [-0.4, -0.2) is 38.4 Å². The largest absolute Gasteiger partial charge is 0.463 e. The molecular formula is C15H19NO4S. The number of benzene rings is 1. The van der Waals surface area contributed by atoms with Gasteiger partial charge in [0.15, 0.2) is 0 Å². The number of carbonyl (C=O) groups is 1. The minimum Gasteiger partial charge on any atom is -0.463 e. The Morgan fingerprint density at radius 2 is 1.86 bits per heavy atom. The molecule has 1 aromatic rings. The molecular weight excluding hydrogens is 290 g/mol. The smallest absolute Gasteiger partial charge is 0.330 e. The topological polar surface area (TPSA) is 63.7 Å². The number of rotatable bonds is 4. The summed E-state index contributed by atoms with van der Waals surface area (Å²) in [5.41, 5.74) is 0.938. The number of hydrogen-bond acceptors (Lipinski definition) is 4. The Morgan fingerprint density at radius 3 is 2.43 bits per heavy atom. The van der Waals surface area contributed by atoms with Crippen LogP contribution < -0.4 is 0 Å². The number of piperidine rings is 1. The third kappa shape index (κ3) is 3.92. The van der Waals surface area contributed by atoms with Gasteiger partial charge in [-0.15, -0.1) is 0 Å². The lowest BCUT2D eigenvalue weighted by atomic mass is 10.1. The monoisotopic (exact) mass is 309 g/mol. The van der Waals surface area contributed by atoms with Gasteiger partial charge in [0.05, 0.1) is 11.5 Å². The van der Waals surface area contributed by atoms with E-state index in [9.17, 15) is 13.2 Å². The van der Waals surface area contributed by atoms with Crippen LogP contribution in [0.1, 0.15) is 19.8 Å². The molecule has 1 aliphatic rings. The molecule has 1 heterocycles. The summed E-state index contributed by atoms with van der Waals surface area (Å²) in [6.45, 7) is 2.88. The lowest BCUT2D eigenvalue weighted by Crippen LogP contribution is -2.36. The number of nitrogens with zero attached hydrogens (tertiary/aromatic N) is 1. The summed E-state index contributed by atoms with van der Waals surface area (Å²) in [5, 5.41) is 0. The van der Waals surface area contributed by atoms with Crippen molar-refractivity contribution in [1.29, 1.82) is 0 Å². The predicted octanol–water partition coefficient (Wildman–Crippen LogP) is 1.96. The van der Waals surface area contributed by atoms with Gasteiger partial charge in [-0.2, -0.15) is 4.31 Å². The van der Waals surface area contributed by atoms with E-state index >= 15 is 0 Å². The molecule has 6 heteroatoms. The van der Waals surface area contributed by atoms with Gasteiger partial charge >= 0.3 is 5.97 Å². The fourth-order valence-electron chi connectivity index (χ4n) is 2.25. The second-order valence-electron chi connectivity index (χ2n) is 4.77. The number of sulfonamides is 1. The Labute approximate surface area is 125 Å². The van der Waals surface area contributed by atoms with Crippen molar-refractivity contribution in [2.75, 3.05) is 19.7 Å². The maximum Gasteiger partial charge on any atom is 0.330 e. The van der Waals surface area contributed by atoms with Crippen LogP contribution in [0.25, 0.3) is 0 Å². The van der Waals surface area contributed by atoms with Gasteiger partial charge in [-0.1, -0.05) is 23.8 Å². The summed E-state index contributed by atoms with van der Waals surface area (Å²) >= 11 is 0. The van der Waals surface area contributed by atoms with Gasteiger partial charge < -0.3 is 4.74 Å². The first kappa shape index (κ1) is 15.7. The average Bonchev–Trinajstić information content (AvgIpc) is 2.49. The first-order valence-corrected chi connectivity index (χ1v) is 8.39. The fourth-order valence-corrected chi connectivity index (χ4v) is 3.71. The highest BCUT2D eigenvalue weighted by atomic mass is 32.2. The third-order valence-electron chi connectivity index (χ3n) is 3.35. The van der Waals surface area contributed by atoms with Gasteiger partial charge in [-0.25, -0.2) is 13.2 Å². The normalized spacial score (nSPS) is 16.5. The molecule has 0 aromatic heterocycles. The molecule has 0 amide bonds. The maximum absolute atomic E-state index is 12.4. The van der Waals surface area contributed by atoms with Crippen LogP contribution in [0.5, 0.6) is 0 Å². The van der Waals surface area contributed by atoms with Crippen molar-refractivity contribution in [2.24, 2.45) is 0 Å². The highest BCUT2D eigenvalue weighted by molar-refractivity contribution is 7.89. The van der Waals surface area contributed by atoms with Gasteiger partial charge in [0, 0.05) is 19.2 Å². The summed E-state index contributed by atoms with van der Waals surface area (Å²) < 4.78 is 31.2. The molecule has 0 radical (unpaired) electrons. The van der Waals surface area contributed by atoms with Crippen LogP contribution in [0, 0.1) is 0 Å². The molecule has 0 N–H and O–H groups in total. The average molecular weight is 309 g/mol. The highest BCUT2D eigenvalue weighted by Crippen LogP contribution is 2.23. The minimum atomic E-state index is -3.43. The van der Waals surface area contributed by atoms with E-state index in [1.807, 2.05) is 0 Å². The summed E-state index contributed by atoms with van der Waals surface area (Å²) in [4.78, 5) is 11.7. The van der Waals surface area contributed by atoms with Crippen molar-refractivity contribution in [3.63, 3.8) is 0 Å². The fraction of sp³-hybridized carbons (Fsp3) is 0.400. The van der Waals surface area contributed by atoms with E-state index in [-0.39, 0.29) is 5.97 Å². The number of esters is 1. The van der Waals surface area contributed by atoms with E-state index < -0.39 is 10.0 Å². The Kier molecular flexibility index (Phi) is 5.14. The zero-order valence-corrected chi connectivity index (χ0v) is 12.8. The maximum atomic E-state index is 12.4. The molecule has 0 atom stereocenters. The third-order valence-corrected chi connectivity index (χ3v) is 5.27. The van der Waals surface area contributed by atoms with E-state index in [2.05, 4.69) is 0 Å². The van der Waals surface area contributed by atoms with Crippen molar-refractivity contribution >= 4 is 16.0 Å². The summed E-state index contributed by atoms with van der Waals surface area (Å²) in [5.74, 6) is -0.355. The lowest BCUT2D eigenvalue weighted by molar-refractivity contribution is -0.137. The Bertz CT molecular complexity index is 612. The molecule has 1 fully saturated rings. The molecule has 21 heavy (non-hydrogen) atoms. The van der Waals surface area contributed by atoms with Crippen molar-refractivity contribution in [3.05, 3.63) is 42.0 Å². The van der Waals surface area contributed by atoms with E-state index in [0.717, 1.165) is 5.57 Å². The van der Waals surface area contributed by atoms with Gasteiger partial charge in [-0.05, 0) is 31.9 Å². The van der Waals surface area contributed by atoms with Crippen molar-refractivity contribution < 1.29 is 17.9 Å². The molecule has 114 valence electrons. The van der Waals surface area contributed by atoms with Crippen LogP contribution in [0.2, 0.25) is 0 Å². The first-order chi connectivity index (χ1) is 10.0.